The Hall–Kier alpha value is -2.86. The summed E-state index contributed by atoms with van der Waals surface area (Å²) in [5, 5.41) is 4.07. The lowest BCUT2D eigenvalue weighted by molar-refractivity contribution is -0.125. The van der Waals surface area contributed by atoms with Gasteiger partial charge >= 0.3 is 0 Å². The van der Waals surface area contributed by atoms with E-state index >= 15 is 0 Å². The second-order valence-electron chi connectivity index (χ2n) is 8.03. The SMILES string of the molecule is Cc1ccc(Sc2nccnc2N2CCCC(C(=O)NC(C)c3ccccc3)C2)cc1. The quantitative estimate of drug-likeness (QED) is 0.592. The Morgan fingerprint density at radius 1 is 1.10 bits per heavy atom. The number of amides is 1. The molecule has 0 saturated carbocycles. The predicted octanol–water partition coefficient (Wildman–Crippen LogP) is 5.03. The van der Waals surface area contributed by atoms with Gasteiger partial charge in [0.1, 0.15) is 5.03 Å². The molecule has 2 atom stereocenters. The van der Waals surface area contributed by atoms with Crippen LogP contribution in [-0.2, 0) is 4.79 Å². The fourth-order valence-electron chi connectivity index (χ4n) is 3.86. The van der Waals surface area contributed by atoms with Gasteiger partial charge in [0.2, 0.25) is 5.91 Å². The maximum Gasteiger partial charge on any atom is 0.225 e. The fraction of sp³-hybridized carbons (Fsp3) is 0.320. The third kappa shape index (κ3) is 5.44. The molecule has 2 unspecified atom stereocenters. The van der Waals surface area contributed by atoms with E-state index in [0.717, 1.165) is 40.7 Å². The number of piperidine rings is 1. The number of benzene rings is 2. The number of aryl methyl sites for hydroxylation is 1. The number of carbonyl (C=O) groups excluding carboxylic acids is 1. The molecule has 31 heavy (non-hydrogen) atoms. The number of carbonyl (C=O) groups is 1. The van der Waals surface area contributed by atoms with Gasteiger partial charge in [0, 0.05) is 30.4 Å². The largest absolute Gasteiger partial charge is 0.354 e. The van der Waals surface area contributed by atoms with Gasteiger partial charge < -0.3 is 10.2 Å². The zero-order valence-corrected chi connectivity index (χ0v) is 18.8. The van der Waals surface area contributed by atoms with Gasteiger partial charge in [-0.1, -0.05) is 59.8 Å². The molecule has 6 heteroatoms. The van der Waals surface area contributed by atoms with E-state index in [0.29, 0.717) is 6.54 Å². The van der Waals surface area contributed by atoms with E-state index in [2.05, 4.69) is 51.4 Å². The monoisotopic (exact) mass is 432 g/mol. The molecule has 0 bridgehead atoms. The van der Waals surface area contributed by atoms with E-state index < -0.39 is 0 Å². The maximum atomic E-state index is 13.0. The second-order valence-corrected chi connectivity index (χ2v) is 9.09. The summed E-state index contributed by atoms with van der Waals surface area (Å²) >= 11 is 1.62. The molecule has 1 fully saturated rings. The lowest BCUT2D eigenvalue weighted by Gasteiger charge is -2.34. The van der Waals surface area contributed by atoms with E-state index in [-0.39, 0.29) is 17.9 Å². The smallest absolute Gasteiger partial charge is 0.225 e. The van der Waals surface area contributed by atoms with Crippen LogP contribution in [0.25, 0.3) is 0 Å². The van der Waals surface area contributed by atoms with Crippen LogP contribution >= 0.6 is 11.8 Å². The molecule has 2 heterocycles. The van der Waals surface area contributed by atoms with Crippen molar-refractivity contribution in [3.05, 3.63) is 78.1 Å². The molecular formula is C25H28N4OS. The van der Waals surface area contributed by atoms with Crippen molar-refractivity contribution in [2.75, 3.05) is 18.0 Å². The normalized spacial score (nSPS) is 17.2. The highest BCUT2D eigenvalue weighted by Crippen LogP contribution is 2.34. The van der Waals surface area contributed by atoms with Gasteiger partial charge in [-0.3, -0.25) is 4.79 Å². The molecule has 160 valence electrons. The second kappa shape index (κ2) is 9.96. The first-order chi connectivity index (χ1) is 15.1. The van der Waals surface area contributed by atoms with E-state index in [9.17, 15) is 4.79 Å². The summed E-state index contributed by atoms with van der Waals surface area (Å²) < 4.78 is 0. The van der Waals surface area contributed by atoms with Crippen LogP contribution in [0.4, 0.5) is 5.82 Å². The molecule has 1 N–H and O–H groups in total. The molecule has 4 rings (SSSR count). The van der Waals surface area contributed by atoms with Gasteiger partial charge in [-0.2, -0.15) is 0 Å². The van der Waals surface area contributed by atoms with Crippen molar-refractivity contribution in [3.63, 3.8) is 0 Å². The van der Waals surface area contributed by atoms with Gasteiger partial charge in [-0.15, -0.1) is 0 Å². The van der Waals surface area contributed by atoms with Crippen molar-refractivity contribution < 1.29 is 4.79 Å². The van der Waals surface area contributed by atoms with Crippen LogP contribution in [0.3, 0.4) is 0 Å². The minimum atomic E-state index is -0.0563. The molecule has 1 aliphatic heterocycles. The lowest BCUT2D eigenvalue weighted by Crippen LogP contribution is -2.44. The number of aromatic nitrogens is 2. The van der Waals surface area contributed by atoms with Crippen LogP contribution < -0.4 is 10.2 Å². The number of hydrogen-bond acceptors (Lipinski definition) is 5. The highest BCUT2D eigenvalue weighted by molar-refractivity contribution is 7.99. The Bertz CT molecular complexity index is 1010. The summed E-state index contributed by atoms with van der Waals surface area (Å²) in [7, 11) is 0. The first kappa shape index (κ1) is 21.4. The zero-order valence-electron chi connectivity index (χ0n) is 18.0. The molecule has 1 saturated heterocycles. The van der Waals surface area contributed by atoms with E-state index in [1.54, 1.807) is 24.2 Å². The molecule has 1 aliphatic rings. The number of nitrogens with zero attached hydrogens (tertiary/aromatic N) is 3. The Balaban J connectivity index is 1.45. The topological polar surface area (TPSA) is 58.1 Å². The third-order valence-corrected chi connectivity index (χ3v) is 6.62. The molecule has 1 amide bonds. The van der Waals surface area contributed by atoms with Crippen molar-refractivity contribution in [2.24, 2.45) is 5.92 Å². The molecule has 2 aromatic carbocycles. The van der Waals surface area contributed by atoms with Crippen LogP contribution in [0, 0.1) is 12.8 Å². The number of hydrogen-bond donors (Lipinski definition) is 1. The molecule has 0 radical (unpaired) electrons. The van der Waals surface area contributed by atoms with Crippen molar-refractivity contribution in [2.45, 2.75) is 42.7 Å². The molecule has 5 nitrogen and oxygen atoms in total. The highest BCUT2D eigenvalue weighted by Gasteiger charge is 2.29. The predicted molar refractivity (Wildman–Crippen MR) is 125 cm³/mol. The van der Waals surface area contributed by atoms with Gasteiger partial charge in [0.25, 0.3) is 0 Å². The Kier molecular flexibility index (Phi) is 6.87. The summed E-state index contributed by atoms with van der Waals surface area (Å²) in [4.78, 5) is 25.6. The Morgan fingerprint density at radius 2 is 1.84 bits per heavy atom. The Morgan fingerprint density at radius 3 is 2.61 bits per heavy atom. The van der Waals surface area contributed by atoms with Crippen molar-refractivity contribution in [3.8, 4) is 0 Å². The molecule has 0 spiro atoms. The lowest BCUT2D eigenvalue weighted by atomic mass is 9.96. The molecule has 0 aliphatic carbocycles. The van der Waals surface area contributed by atoms with E-state index in [4.69, 9.17) is 0 Å². The molecule has 3 aromatic rings. The molecular weight excluding hydrogens is 404 g/mol. The molecule has 1 aromatic heterocycles. The number of rotatable bonds is 6. The average Bonchev–Trinajstić information content (AvgIpc) is 2.81. The van der Waals surface area contributed by atoms with Crippen LogP contribution in [0.15, 0.2) is 76.9 Å². The van der Waals surface area contributed by atoms with E-state index in [1.807, 2.05) is 37.3 Å². The van der Waals surface area contributed by atoms with Gasteiger partial charge in [0.05, 0.1) is 12.0 Å². The van der Waals surface area contributed by atoms with Crippen molar-refractivity contribution in [1.82, 2.24) is 15.3 Å². The number of anilines is 1. The minimum Gasteiger partial charge on any atom is -0.354 e. The first-order valence-corrected chi connectivity index (χ1v) is 11.6. The van der Waals surface area contributed by atoms with Crippen molar-refractivity contribution >= 4 is 23.5 Å². The van der Waals surface area contributed by atoms with E-state index in [1.165, 1.54) is 5.56 Å². The first-order valence-electron chi connectivity index (χ1n) is 10.8. The van der Waals surface area contributed by atoms with Crippen LogP contribution in [-0.4, -0.2) is 29.0 Å². The average molecular weight is 433 g/mol. The van der Waals surface area contributed by atoms with Crippen LogP contribution in [0.2, 0.25) is 0 Å². The summed E-state index contributed by atoms with van der Waals surface area (Å²) in [5.74, 6) is 0.915. The summed E-state index contributed by atoms with van der Waals surface area (Å²) in [6.07, 6.45) is 5.32. The van der Waals surface area contributed by atoms with Gasteiger partial charge in [-0.25, -0.2) is 9.97 Å². The van der Waals surface area contributed by atoms with Crippen LogP contribution in [0.1, 0.15) is 36.9 Å². The Labute approximate surface area is 188 Å². The summed E-state index contributed by atoms with van der Waals surface area (Å²) in [6, 6.07) is 18.5. The fourth-order valence-corrected chi connectivity index (χ4v) is 4.75. The standard InChI is InChI=1S/C25H28N4OS/c1-18-10-12-22(13-11-18)31-25-23(26-14-15-27-25)29-16-6-9-21(17-29)24(30)28-19(2)20-7-4-3-5-8-20/h3-5,7-8,10-15,19,21H,6,9,16-17H2,1-2H3,(H,28,30). The summed E-state index contributed by atoms with van der Waals surface area (Å²) in [5.41, 5.74) is 2.35. The zero-order chi connectivity index (χ0) is 21.6. The minimum absolute atomic E-state index is 0.00625. The highest BCUT2D eigenvalue weighted by atomic mass is 32.2. The number of nitrogens with one attached hydrogen (secondary N) is 1. The van der Waals surface area contributed by atoms with Gasteiger partial charge in [-0.05, 0) is 44.4 Å². The van der Waals surface area contributed by atoms with Crippen molar-refractivity contribution in [1.29, 1.82) is 0 Å². The third-order valence-electron chi connectivity index (χ3n) is 5.63. The maximum absolute atomic E-state index is 13.0. The van der Waals surface area contributed by atoms with Gasteiger partial charge in [0.15, 0.2) is 5.82 Å². The van der Waals surface area contributed by atoms with Crippen LogP contribution in [0.5, 0.6) is 0 Å². The summed E-state index contributed by atoms with van der Waals surface area (Å²) in [6.45, 7) is 5.66.